The second-order valence-corrected chi connectivity index (χ2v) is 32.2. The van der Waals surface area contributed by atoms with Gasteiger partial charge >= 0.3 is 11.9 Å². The number of nitrogens with two attached hydrogens (primary N) is 3. The summed E-state index contributed by atoms with van der Waals surface area (Å²) in [6, 6.07) is 16.2. The highest BCUT2D eigenvalue weighted by Crippen LogP contribution is 2.34. The van der Waals surface area contributed by atoms with Crippen LogP contribution in [0.1, 0.15) is 175 Å². The van der Waals surface area contributed by atoms with Gasteiger partial charge in [0.15, 0.2) is 29.5 Å². The first-order valence-electron chi connectivity index (χ1n) is 33.7. The number of hydrogen-bond donors (Lipinski definition) is 5. The van der Waals surface area contributed by atoms with Crippen LogP contribution < -0.4 is 39.2 Å². The number of carbonyl (C=O) groups is 5. The number of aromatic nitrogens is 8. The van der Waals surface area contributed by atoms with E-state index in [-0.39, 0.29) is 82.0 Å². The SMILES string of the molecule is CCS(=O)(=O)c1ccc2c(=O)n(C(CC3CCCCC3)C(=O)Nc3ccc(C(N)=O)cn3)cnc2c1.CCS(=O)(=O)c1ccc2c(=O)n(C(CC3CCCCC3)C(=O)O)cnc2c1.CCS(=O)(=O)c1ccc2c(=O)n(C(CC3CCCCC3)C(=O)OC)cnc2c1.NC(=O)c1ccc(N)nc1. The lowest BCUT2D eigenvalue weighted by Gasteiger charge is -2.27. The van der Waals surface area contributed by atoms with Gasteiger partial charge in [-0.25, -0.2) is 59.8 Å². The standard InChI is InChI=1S/C25H29N5O5S.C20H26N2O5S.C19H24N2O5S.C6H7N3O/c1-2-36(34,35)18-9-10-19-20(13-18)28-15-30(25(19)33)21(12-16-6-4-3-5-7-16)24(32)29-22-11-8-17(14-27-22)23(26)31;1-3-28(25,26)15-9-10-16-17(12-15)21-13-22(19(16)23)18(20(24)27-2)11-14-7-5-4-6-8-14;1-2-27(25,26)14-8-9-15-16(11-14)20-12-21(18(15)22)17(19(23)24)10-13-6-4-3-5-7-13;7-5-2-1-4(3-9-5)6(8)10/h8-11,13-16,21H,2-7,12H2,1H3,(H2,26,31)(H,27,29,32);9-10,12-14,18H,3-8,11H2,1-2H3;8-9,11-13,17H,2-7,10H2,1H3,(H,23,24);1-3H,(H2,7,9)(H2,8,10). The van der Waals surface area contributed by atoms with E-state index >= 15 is 0 Å². The molecule has 28 nitrogen and oxygen atoms in total. The Hall–Kier alpha value is -9.62. The summed E-state index contributed by atoms with van der Waals surface area (Å²) < 4.78 is 81.5. The molecule has 5 aromatic heterocycles. The number of carbonyl (C=O) groups excluding carboxylic acids is 4. The van der Waals surface area contributed by atoms with Gasteiger partial charge in [-0.15, -0.1) is 0 Å². The van der Waals surface area contributed by atoms with Crippen LogP contribution in [0.15, 0.2) is 139 Å². The zero-order valence-electron chi connectivity index (χ0n) is 56.8. The molecule has 5 heterocycles. The van der Waals surface area contributed by atoms with E-state index < -0.39 is 88.4 Å². The van der Waals surface area contributed by atoms with Gasteiger partial charge in [0.2, 0.25) is 17.7 Å². The summed E-state index contributed by atoms with van der Waals surface area (Å²) in [6.45, 7) is 4.67. The zero-order chi connectivity index (χ0) is 73.3. The number of hydrogen-bond acceptors (Lipinski definition) is 21. The third kappa shape index (κ3) is 19.7. The van der Waals surface area contributed by atoms with Gasteiger partial charge < -0.3 is 32.4 Å². The molecule has 3 aliphatic rings. The molecule has 8 aromatic rings. The third-order valence-corrected chi connectivity index (χ3v) is 24.0. The first-order valence-corrected chi connectivity index (χ1v) is 38.6. The molecule has 0 radical (unpaired) electrons. The molecule has 31 heteroatoms. The quantitative estimate of drug-likeness (QED) is 0.0422. The molecule has 8 N–H and O–H groups in total. The second-order valence-electron chi connectivity index (χ2n) is 25.4. The fourth-order valence-corrected chi connectivity index (χ4v) is 15.5. The van der Waals surface area contributed by atoms with Gasteiger partial charge in [0, 0.05) is 12.4 Å². The number of pyridine rings is 2. The maximum Gasteiger partial charge on any atom is 0.329 e. The van der Waals surface area contributed by atoms with E-state index in [1.807, 2.05) is 0 Å². The number of primary amides is 2. The van der Waals surface area contributed by atoms with Crippen LogP contribution in [0.3, 0.4) is 0 Å². The number of carboxylic acid groups (broad SMARTS) is 1. The van der Waals surface area contributed by atoms with E-state index in [9.17, 15) is 68.7 Å². The molecular formula is C70H86N12O16S3. The van der Waals surface area contributed by atoms with E-state index in [0.29, 0.717) is 48.0 Å². The van der Waals surface area contributed by atoms with Crippen molar-refractivity contribution in [1.29, 1.82) is 0 Å². The Morgan fingerprint density at radius 2 is 0.842 bits per heavy atom. The van der Waals surface area contributed by atoms with Gasteiger partial charge in [-0.1, -0.05) is 117 Å². The van der Waals surface area contributed by atoms with Crippen molar-refractivity contribution in [1.82, 2.24) is 38.6 Å². The molecular weight excluding hydrogens is 1360 g/mol. The monoisotopic (exact) mass is 1450 g/mol. The molecule has 540 valence electrons. The number of fused-ring (bicyclic) bond motifs is 3. The molecule has 0 aliphatic heterocycles. The van der Waals surface area contributed by atoms with Crippen LogP contribution >= 0.6 is 0 Å². The number of sulfone groups is 3. The van der Waals surface area contributed by atoms with Gasteiger partial charge in [-0.2, -0.15) is 0 Å². The van der Waals surface area contributed by atoms with Crippen LogP contribution in [0.2, 0.25) is 0 Å². The second kappa shape index (κ2) is 34.6. The van der Waals surface area contributed by atoms with Gasteiger partial charge in [-0.3, -0.25) is 42.5 Å². The van der Waals surface area contributed by atoms with Gasteiger partial charge in [0.1, 0.15) is 29.8 Å². The number of nitrogen functional groups attached to an aromatic ring is 1. The van der Waals surface area contributed by atoms with Crippen LogP contribution in [0.4, 0.5) is 11.6 Å². The van der Waals surface area contributed by atoms with Crippen LogP contribution in [0, 0.1) is 17.8 Å². The lowest BCUT2D eigenvalue weighted by atomic mass is 9.84. The molecule has 11 rings (SSSR count). The molecule has 0 spiro atoms. The first-order chi connectivity index (χ1) is 48.1. The van der Waals surface area contributed by atoms with E-state index in [2.05, 4.69) is 30.2 Å². The summed E-state index contributed by atoms with van der Waals surface area (Å²) >= 11 is 0. The Labute approximate surface area is 584 Å². The summed E-state index contributed by atoms with van der Waals surface area (Å²) in [4.78, 5) is 120. The number of ether oxygens (including phenoxy) is 1. The number of aliphatic carboxylic acids is 1. The molecule has 3 saturated carbocycles. The largest absolute Gasteiger partial charge is 0.480 e. The minimum Gasteiger partial charge on any atom is -0.480 e. The van der Waals surface area contributed by atoms with Gasteiger partial charge in [0.25, 0.3) is 16.7 Å². The lowest BCUT2D eigenvalue weighted by molar-refractivity contribution is -0.145. The molecule has 3 atom stereocenters. The maximum atomic E-state index is 13.4. The molecule has 0 saturated heterocycles. The Kier molecular flexibility index (Phi) is 26.4. The van der Waals surface area contributed by atoms with E-state index in [0.717, 1.165) is 83.5 Å². The third-order valence-electron chi connectivity index (χ3n) is 18.8. The minimum atomic E-state index is -3.45. The molecule has 0 bridgehead atoms. The predicted molar refractivity (Wildman–Crippen MR) is 380 cm³/mol. The number of methoxy groups -OCH3 is 1. The molecule has 3 aliphatic carbocycles. The van der Waals surface area contributed by atoms with E-state index in [1.54, 1.807) is 20.8 Å². The van der Waals surface area contributed by atoms with Crippen molar-refractivity contribution in [3.63, 3.8) is 0 Å². The molecule has 3 fully saturated rings. The summed E-state index contributed by atoms with van der Waals surface area (Å²) in [5, 5.41) is 13.2. The smallest absolute Gasteiger partial charge is 0.329 e. The van der Waals surface area contributed by atoms with Gasteiger partial charge in [-0.05, 0) is 116 Å². The normalized spacial score (nSPS) is 15.6. The fourth-order valence-electron chi connectivity index (χ4n) is 12.8. The number of benzene rings is 3. The van der Waals surface area contributed by atoms with Crippen molar-refractivity contribution < 1.29 is 59.1 Å². The molecule has 3 aromatic carbocycles. The van der Waals surface area contributed by atoms with Crippen molar-refractivity contribution in [3.05, 3.63) is 152 Å². The molecule has 3 amide bonds. The Morgan fingerprint density at radius 1 is 0.495 bits per heavy atom. The summed E-state index contributed by atoms with van der Waals surface area (Å²) in [5.74, 6) is -1.63. The number of nitrogens with zero attached hydrogens (tertiary/aromatic N) is 8. The number of esters is 1. The van der Waals surface area contributed by atoms with E-state index in [1.165, 1.54) is 144 Å². The number of amides is 3. The average molecular weight is 1450 g/mol. The van der Waals surface area contributed by atoms with Crippen LogP contribution in [0.5, 0.6) is 0 Å². The molecule has 101 heavy (non-hydrogen) atoms. The summed E-state index contributed by atoms with van der Waals surface area (Å²) in [5.41, 5.74) is 15.6. The van der Waals surface area contributed by atoms with Crippen molar-refractivity contribution in [3.8, 4) is 0 Å². The number of anilines is 2. The van der Waals surface area contributed by atoms with Crippen molar-refractivity contribution in [2.24, 2.45) is 29.2 Å². The highest BCUT2D eigenvalue weighted by atomic mass is 32.2. The predicted octanol–water partition coefficient (Wildman–Crippen LogP) is 8.26. The summed E-state index contributed by atoms with van der Waals surface area (Å²) in [7, 11) is -8.93. The number of rotatable bonds is 21. The average Bonchev–Trinajstić information content (AvgIpc) is 0.789. The van der Waals surface area contributed by atoms with Crippen LogP contribution in [0.25, 0.3) is 32.7 Å². The Balaban J connectivity index is 0.000000182. The maximum absolute atomic E-state index is 13.4. The van der Waals surface area contributed by atoms with E-state index in [4.69, 9.17) is 21.9 Å². The molecule has 3 unspecified atom stereocenters. The minimum absolute atomic E-state index is 0.0264. The topological polar surface area (TPSA) is 438 Å². The van der Waals surface area contributed by atoms with Gasteiger partial charge in [0.05, 0.1) is 102 Å². The van der Waals surface area contributed by atoms with Crippen LogP contribution in [-0.4, -0.2) is 123 Å². The fraction of sp³-hybridized carbons (Fsp3) is 0.443. The Morgan fingerprint density at radius 3 is 1.17 bits per heavy atom. The number of nitrogens with one attached hydrogen (secondary N) is 1. The zero-order valence-corrected chi connectivity index (χ0v) is 59.3. The van der Waals surface area contributed by atoms with Crippen molar-refractivity contribution in [2.45, 2.75) is 169 Å². The first kappa shape index (κ1) is 77.1. The highest BCUT2D eigenvalue weighted by molar-refractivity contribution is 7.92. The highest BCUT2D eigenvalue weighted by Gasteiger charge is 2.32. The van der Waals surface area contributed by atoms with Crippen LogP contribution in [-0.2, 0) is 48.6 Å². The van der Waals surface area contributed by atoms with Crippen molar-refractivity contribution >= 4 is 104 Å². The lowest BCUT2D eigenvalue weighted by Crippen LogP contribution is -2.35. The Bertz CT molecular complexity index is 4860. The number of carboxylic acids is 1. The summed E-state index contributed by atoms with van der Waals surface area (Å²) in [6.07, 6.45) is 24.1. The van der Waals surface area contributed by atoms with Crippen molar-refractivity contribution in [2.75, 3.05) is 35.4 Å².